The van der Waals surface area contributed by atoms with Gasteiger partial charge in [-0.05, 0) is 31.2 Å². The molecule has 8 heteroatoms. The van der Waals surface area contributed by atoms with Crippen LogP contribution in [0.3, 0.4) is 0 Å². The van der Waals surface area contributed by atoms with Crippen LogP contribution in [0.15, 0.2) is 53.4 Å². The van der Waals surface area contributed by atoms with E-state index in [1.165, 1.54) is 36.4 Å². The van der Waals surface area contributed by atoms with E-state index in [9.17, 15) is 23.1 Å². The Hall–Kier alpha value is -2.87. The standard InChI is InChI=1S/C15H14N2O5S/c1-10-6-8-11(9-7-10)23(21,22)17(15(16)20)13-5-3-2-4-12(13)14(18)19/h2-9H,1H3,(H2,16,20)(H,18,19). The van der Waals surface area contributed by atoms with E-state index in [2.05, 4.69) is 0 Å². The lowest BCUT2D eigenvalue weighted by Crippen LogP contribution is -2.41. The van der Waals surface area contributed by atoms with Gasteiger partial charge in [-0.2, -0.15) is 4.31 Å². The van der Waals surface area contributed by atoms with Gasteiger partial charge in [0.2, 0.25) is 0 Å². The quantitative estimate of drug-likeness (QED) is 0.886. The van der Waals surface area contributed by atoms with Crippen LogP contribution < -0.4 is 10.0 Å². The van der Waals surface area contributed by atoms with Gasteiger partial charge >= 0.3 is 12.0 Å². The highest BCUT2D eigenvalue weighted by Crippen LogP contribution is 2.27. The van der Waals surface area contributed by atoms with Crippen molar-refractivity contribution >= 4 is 27.7 Å². The number of urea groups is 1. The average Bonchev–Trinajstić information content (AvgIpc) is 2.47. The van der Waals surface area contributed by atoms with E-state index in [0.29, 0.717) is 4.31 Å². The molecule has 0 bridgehead atoms. The Morgan fingerprint density at radius 2 is 1.61 bits per heavy atom. The zero-order valence-corrected chi connectivity index (χ0v) is 12.9. The minimum atomic E-state index is -4.33. The summed E-state index contributed by atoms with van der Waals surface area (Å²) >= 11 is 0. The molecule has 2 aromatic rings. The maximum Gasteiger partial charge on any atom is 0.337 e. The molecule has 7 nitrogen and oxygen atoms in total. The van der Waals surface area contributed by atoms with Crippen molar-refractivity contribution in [3.63, 3.8) is 0 Å². The Kier molecular flexibility index (Phi) is 4.37. The van der Waals surface area contributed by atoms with E-state index in [1.54, 1.807) is 19.1 Å². The monoisotopic (exact) mass is 334 g/mol. The molecule has 120 valence electrons. The van der Waals surface area contributed by atoms with E-state index < -0.39 is 22.0 Å². The van der Waals surface area contributed by atoms with Gasteiger partial charge in [-0.25, -0.2) is 18.0 Å². The lowest BCUT2D eigenvalue weighted by Gasteiger charge is -2.22. The van der Waals surface area contributed by atoms with Gasteiger partial charge in [0.05, 0.1) is 16.1 Å². The number of carboxylic acid groups (broad SMARTS) is 1. The maximum absolute atomic E-state index is 12.7. The fourth-order valence-electron chi connectivity index (χ4n) is 2.01. The van der Waals surface area contributed by atoms with Gasteiger partial charge in [-0.3, -0.25) is 0 Å². The van der Waals surface area contributed by atoms with Crippen molar-refractivity contribution in [3.8, 4) is 0 Å². The molecule has 0 atom stereocenters. The summed E-state index contributed by atoms with van der Waals surface area (Å²) in [4.78, 5) is 22.9. The molecular formula is C15H14N2O5S. The number of aromatic carboxylic acids is 1. The van der Waals surface area contributed by atoms with Gasteiger partial charge in [0, 0.05) is 0 Å². The number of amides is 2. The van der Waals surface area contributed by atoms with E-state index in [4.69, 9.17) is 5.73 Å². The second kappa shape index (κ2) is 6.09. The van der Waals surface area contributed by atoms with Gasteiger partial charge in [-0.1, -0.05) is 29.8 Å². The first-order valence-electron chi connectivity index (χ1n) is 6.49. The smallest absolute Gasteiger partial charge is 0.337 e. The third-order valence-electron chi connectivity index (χ3n) is 3.11. The van der Waals surface area contributed by atoms with Crippen molar-refractivity contribution in [2.75, 3.05) is 4.31 Å². The molecule has 2 rings (SSSR count). The number of carboxylic acids is 1. The molecule has 0 aliphatic rings. The van der Waals surface area contributed by atoms with Crippen LogP contribution >= 0.6 is 0 Å². The summed E-state index contributed by atoms with van der Waals surface area (Å²) in [7, 11) is -4.33. The zero-order chi connectivity index (χ0) is 17.2. The second-order valence-electron chi connectivity index (χ2n) is 4.74. The molecule has 0 aromatic heterocycles. The number of rotatable bonds is 4. The number of anilines is 1. The fraction of sp³-hybridized carbons (Fsp3) is 0.0667. The number of benzene rings is 2. The first kappa shape index (κ1) is 16.5. The molecule has 0 saturated carbocycles. The van der Waals surface area contributed by atoms with Crippen LogP contribution in [0.1, 0.15) is 15.9 Å². The molecule has 0 unspecified atom stereocenters. The largest absolute Gasteiger partial charge is 0.478 e. The number of hydrogen-bond acceptors (Lipinski definition) is 4. The highest BCUT2D eigenvalue weighted by Gasteiger charge is 2.32. The highest BCUT2D eigenvalue weighted by molar-refractivity contribution is 7.93. The van der Waals surface area contributed by atoms with Crippen molar-refractivity contribution in [3.05, 3.63) is 59.7 Å². The predicted molar refractivity (Wildman–Crippen MR) is 83.8 cm³/mol. The SMILES string of the molecule is Cc1ccc(S(=O)(=O)N(C(N)=O)c2ccccc2C(=O)O)cc1. The summed E-state index contributed by atoms with van der Waals surface area (Å²) in [5.74, 6) is -1.37. The van der Waals surface area contributed by atoms with Gasteiger partial charge in [0.1, 0.15) is 0 Å². The number of nitrogens with zero attached hydrogens (tertiary/aromatic N) is 1. The first-order valence-corrected chi connectivity index (χ1v) is 7.93. The molecule has 2 amide bonds. The van der Waals surface area contributed by atoms with Crippen LogP contribution in [-0.2, 0) is 10.0 Å². The molecule has 3 N–H and O–H groups in total. The topological polar surface area (TPSA) is 118 Å². The Morgan fingerprint density at radius 1 is 1.04 bits per heavy atom. The maximum atomic E-state index is 12.7. The molecule has 23 heavy (non-hydrogen) atoms. The number of carbonyl (C=O) groups is 2. The molecule has 0 fully saturated rings. The number of nitrogens with two attached hydrogens (primary N) is 1. The Bertz CT molecular complexity index is 860. The van der Waals surface area contributed by atoms with E-state index in [-0.39, 0.29) is 16.1 Å². The third kappa shape index (κ3) is 3.16. The van der Waals surface area contributed by atoms with Crippen LogP contribution in [0.25, 0.3) is 0 Å². The van der Waals surface area contributed by atoms with Crippen molar-refractivity contribution in [1.82, 2.24) is 0 Å². The summed E-state index contributed by atoms with van der Waals surface area (Å²) < 4.78 is 25.7. The van der Waals surface area contributed by atoms with Crippen molar-refractivity contribution in [2.24, 2.45) is 5.73 Å². The van der Waals surface area contributed by atoms with Gasteiger partial charge in [0.25, 0.3) is 10.0 Å². The number of sulfonamides is 1. The molecular weight excluding hydrogens is 320 g/mol. The normalized spacial score (nSPS) is 11.0. The van der Waals surface area contributed by atoms with E-state index >= 15 is 0 Å². The van der Waals surface area contributed by atoms with Crippen LogP contribution in [0.4, 0.5) is 10.5 Å². The lowest BCUT2D eigenvalue weighted by atomic mass is 10.2. The number of aryl methyl sites for hydroxylation is 1. The van der Waals surface area contributed by atoms with Crippen molar-refractivity contribution in [2.45, 2.75) is 11.8 Å². The Morgan fingerprint density at radius 3 is 2.13 bits per heavy atom. The molecule has 0 spiro atoms. The molecule has 0 aliphatic carbocycles. The summed E-state index contributed by atoms with van der Waals surface area (Å²) in [5.41, 5.74) is 5.38. The lowest BCUT2D eigenvalue weighted by molar-refractivity contribution is 0.0698. The van der Waals surface area contributed by atoms with Crippen molar-refractivity contribution in [1.29, 1.82) is 0 Å². The summed E-state index contributed by atoms with van der Waals surface area (Å²) in [6.45, 7) is 1.78. The van der Waals surface area contributed by atoms with Crippen LogP contribution in [0.5, 0.6) is 0 Å². The van der Waals surface area contributed by atoms with Gasteiger partial charge in [0.15, 0.2) is 0 Å². The Labute approximate surface area is 133 Å². The summed E-state index contributed by atoms with van der Waals surface area (Å²) in [6.07, 6.45) is 0. The van der Waals surface area contributed by atoms with Crippen molar-refractivity contribution < 1.29 is 23.1 Å². The number of para-hydroxylation sites is 1. The minimum absolute atomic E-state index is 0.165. The van der Waals surface area contributed by atoms with E-state index in [1.807, 2.05) is 0 Å². The Balaban J connectivity index is 2.66. The highest BCUT2D eigenvalue weighted by atomic mass is 32.2. The van der Waals surface area contributed by atoms with Crippen LogP contribution in [-0.4, -0.2) is 25.5 Å². The second-order valence-corrected chi connectivity index (χ2v) is 6.53. The fourth-order valence-corrected chi connectivity index (χ4v) is 3.36. The summed E-state index contributed by atoms with van der Waals surface area (Å²) in [5, 5.41) is 9.20. The number of primary amides is 1. The number of hydrogen-bond donors (Lipinski definition) is 2. The minimum Gasteiger partial charge on any atom is -0.478 e. The zero-order valence-electron chi connectivity index (χ0n) is 12.1. The molecule has 0 heterocycles. The van der Waals surface area contributed by atoms with Gasteiger partial charge < -0.3 is 10.8 Å². The number of carbonyl (C=O) groups excluding carboxylic acids is 1. The first-order chi connectivity index (χ1) is 10.7. The predicted octanol–water partition coefficient (Wildman–Crippen LogP) is 1.97. The molecule has 0 radical (unpaired) electrons. The summed E-state index contributed by atoms with van der Waals surface area (Å²) in [6, 6.07) is 9.73. The molecule has 0 aliphatic heterocycles. The van der Waals surface area contributed by atoms with Gasteiger partial charge in [-0.15, -0.1) is 0 Å². The average molecular weight is 334 g/mol. The van der Waals surface area contributed by atoms with Crippen LogP contribution in [0.2, 0.25) is 0 Å². The third-order valence-corrected chi connectivity index (χ3v) is 4.84. The molecule has 0 saturated heterocycles. The van der Waals surface area contributed by atoms with E-state index in [0.717, 1.165) is 5.56 Å². The van der Waals surface area contributed by atoms with Crippen LogP contribution in [0, 0.1) is 6.92 Å². The molecule has 2 aromatic carbocycles.